The molecule has 0 amide bonds. The maximum Gasteiger partial charge on any atom is 0.227 e. The molecule has 7 nitrogen and oxygen atoms in total. The fourth-order valence-electron chi connectivity index (χ4n) is 3.25. The van der Waals surface area contributed by atoms with Crippen LogP contribution in [0.25, 0.3) is 11.4 Å². The molecule has 3 rings (SSSR count). The monoisotopic (exact) mass is 392 g/mol. The van der Waals surface area contributed by atoms with Gasteiger partial charge in [0.05, 0.1) is 5.75 Å². The molecule has 0 spiro atoms. The van der Waals surface area contributed by atoms with Crippen molar-refractivity contribution in [2.24, 2.45) is 0 Å². The number of rotatable bonds is 8. The van der Waals surface area contributed by atoms with Gasteiger partial charge in [0.15, 0.2) is 0 Å². The fraction of sp³-hybridized carbons (Fsp3) is 0.579. The smallest absolute Gasteiger partial charge is 0.227 e. The highest BCUT2D eigenvalue weighted by atomic mass is 32.2. The molecule has 1 aromatic heterocycles. The van der Waals surface area contributed by atoms with Crippen molar-refractivity contribution in [1.82, 2.24) is 19.3 Å². The van der Waals surface area contributed by atoms with E-state index in [1.807, 2.05) is 38.1 Å². The van der Waals surface area contributed by atoms with Crippen LogP contribution < -0.4 is 0 Å². The number of sulfonamides is 1. The minimum atomic E-state index is -3.07. The van der Waals surface area contributed by atoms with Crippen molar-refractivity contribution >= 4 is 10.0 Å². The number of hydrogen-bond donors (Lipinski definition) is 0. The molecule has 0 radical (unpaired) electrons. The zero-order chi connectivity index (χ0) is 19.3. The summed E-state index contributed by atoms with van der Waals surface area (Å²) < 4.78 is 31.2. The summed E-state index contributed by atoms with van der Waals surface area (Å²) >= 11 is 0. The van der Waals surface area contributed by atoms with Crippen molar-refractivity contribution in [2.75, 3.05) is 38.5 Å². The average Bonchev–Trinajstić information content (AvgIpc) is 3.12. The number of hydrogen-bond acceptors (Lipinski definition) is 6. The van der Waals surface area contributed by atoms with Gasteiger partial charge in [-0.1, -0.05) is 41.9 Å². The Morgan fingerprint density at radius 3 is 2.48 bits per heavy atom. The van der Waals surface area contributed by atoms with Crippen LogP contribution in [0.4, 0.5) is 0 Å². The molecular weight excluding hydrogens is 364 g/mol. The van der Waals surface area contributed by atoms with Crippen LogP contribution in [-0.2, 0) is 16.4 Å². The second-order valence-corrected chi connectivity index (χ2v) is 9.13. The Balaban J connectivity index is 1.43. The lowest BCUT2D eigenvalue weighted by atomic mass is 10.1. The van der Waals surface area contributed by atoms with Gasteiger partial charge in [0.25, 0.3) is 0 Å². The van der Waals surface area contributed by atoms with E-state index in [1.165, 1.54) is 5.56 Å². The summed E-state index contributed by atoms with van der Waals surface area (Å²) in [4.78, 5) is 6.77. The molecule has 0 unspecified atom stereocenters. The van der Waals surface area contributed by atoms with E-state index >= 15 is 0 Å². The molecule has 27 heavy (non-hydrogen) atoms. The second kappa shape index (κ2) is 8.95. The first-order chi connectivity index (χ1) is 13.0. The minimum absolute atomic E-state index is 0.244. The first-order valence-corrected chi connectivity index (χ1v) is 11.2. The van der Waals surface area contributed by atoms with Crippen LogP contribution in [0.1, 0.15) is 31.2 Å². The standard InChI is InChI=1S/C19H28N4O3S/c1-3-15-27(24,25)23-13-11-22(12-14-23)10-4-5-18-20-19(21-26-18)17-8-6-16(2)7-9-17/h6-9H,3-5,10-15H2,1-2H3. The third-order valence-electron chi connectivity index (χ3n) is 4.83. The summed E-state index contributed by atoms with van der Waals surface area (Å²) in [6, 6.07) is 8.06. The van der Waals surface area contributed by atoms with E-state index in [-0.39, 0.29) is 5.75 Å². The van der Waals surface area contributed by atoms with Crippen molar-refractivity contribution in [2.45, 2.75) is 33.1 Å². The minimum Gasteiger partial charge on any atom is -0.339 e. The van der Waals surface area contributed by atoms with Crippen molar-refractivity contribution in [3.8, 4) is 11.4 Å². The van der Waals surface area contributed by atoms with Crippen LogP contribution in [0.2, 0.25) is 0 Å². The summed E-state index contributed by atoms with van der Waals surface area (Å²) in [5.41, 5.74) is 2.16. The maximum absolute atomic E-state index is 12.1. The van der Waals surface area contributed by atoms with Gasteiger partial charge in [0.1, 0.15) is 0 Å². The molecule has 1 aliphatic heterocycles. The Bertz CT molecular complexity index is 825. The normalized spacial score (nSPS) is 16.7. The van der Waals surface area contributed by atoms with Crippen LogP contribution in [0.3, 0.4) is 0 Å². The quantitative estimate of drug-likeness (QED) is 0.686. The van der Waals surface area contributed by atoms with E-state index in [4.69, 9.17) is 4.52 Å². The first-order valence-electron chi connectivity index (χ1n) is 9.58. The average molecular weight is 393 g/mol. The topological polar surface area (TPSA) is 79.5 Å². The SMILES string of the molecule is CCCS(=O)(=O)N1CCN(CCCc2nc(-c3ccc(C)cc3)no2)CC1. The summed E-state index contributed by atoms with van der Waals surface area (Å²) in [6.45, 7) is 7.58. The highest BCUT2D eigenvalue weighted by molar-refractivity contribution is 7.89. The van der Waals surface area contributed by atoms with Gasteiger partial charge < -0.3 is 9.42 Å². The molecule has 0 saturated carbocycles. The summed E-state index contributed by atoms with van der Waals surface area (Å²) in [6.07, 6.45) is 2.31. The molecular formula is C19H28N4O3S. The Hall–Kier alpha value is -1.77. The summed E-state index contributed by atoms with van der Waals surface area (Å²) in [5, 5.41) is 4.06. The Kier molecular flexibility index (Phi) is 6.62. The van der Waals surface area contributed by atoms with Crippen LogP contribution in [-0.4, -0.2) is 66.2 Å². The van der Waals surface area contributed by atoms with E-state index < -0.39 is 10.0 Å². The van der Waals surface area contributed by atoms with Gasteiger partial charge in [0.2, 0.25) is 21.7 Å². The third kappa shape index (κ3) is 5.37. The number of aromatic nitrogens is 2. The zero-order valence-electron chi connectivity index (χ0n) is 16.1. The Labute approximate surface area is 161 Å². The fourth-order valence-corrected chi connectivity index (χ4v) is 4.74. The highest BCUT2D eigenvalue weighted by Crippen LogP contribution is 2.17. The van der Waals surface area contributed by atoms with Crippen LogP contribution in [0.5, 0.6) is 0 Å². The lowest BCUT2D eigenvalue weighted by Gasteiger charge is -2.33. The van der Waals surface area contributed by atoms with Crippen LogP contribution in [0.15, 0.2) is 28.8 Å². The lowest BCUT2D eigenvalue weighted by Crippen LogP contribution is -2.49. The molecule has 148 valence electrons. The van der Waals surface area contributed by atoms with Gasteiger partial charge in [-0.2, -0.15) is 9.29 Å². The third-order valence-corrected chi connectivity index (χ3v) is 6.91. The second-order valence-electron chi connectivity index (χ2n) is 7.04. The van der Waals surface area contributed by atoms with Crippen LogP contribution >= 0.6 is 0 Å². The van der Waals surface area contributed by atoms with Crippen molar-refractivity contribution in [3.05, 3.63) is 35.7 Å². The molecule has 1 aliphatic rings. The molecule has 8 heteroatoms. The van der Waals surface area contributed by atoms with Gasteiger partial charge in [0, 0.05) is 38.2 Å². The van der Waals surface area contributed by atoms with Crippen molar-refractivity contribution < 1.29 is 12.9 Å². The van der Waals surface area contributed by atoms with Crippen LogP contribution in [0, 0.1) is 6.92 Å². The summed E-state index contributed by atoms with van der Waals surface area (Å²) in [7, 11) is -3.07. The number of piperazine rings is 1. The molecule has 1 saturated heterocycles. The molecule has 1 aromatic carbocycles. The lowest BCUT2D eigenvalue weighted by molar-refractivity contribution is 0.185. The van der Waals surface area contributed by atoms with Crippen molar-refractivity contribution in [1.29, 1.82) is 0 Å². The molecule has 2 aromatic rings. The Morgan fingerprint density at radius 1 is 1.11 bits per heavy atom. The number of nitrogens with zero attached hydrogens (tertiary/aromatic N) is 4. The van der Waals surface area contributed by atoms with E-state index in [0.29, 0.717) is 31.2 Å². The molecule has 1 fully saturated rings. The predicted octanol–water partition coefficient (Wildman–Crippen LogP) is 2.34. The molecule has 2 heterocycles. The van der Waals surface area contributed by atoms with Crippen molar-refractivity contribution in [3.63, 3.8) is 0 Å². The zero-order valence-corrected chi connectivity index (χ0v) is 16.9. The maximum atomic E-state index is 12.1. The highest BCUT2D eigenvalue weighted by Gasteiger charge is 2.25. The van der Waals surface area contributed by atoms with Gasteiger partial charge >= 0.3 is 0 Å². The van der Waals surface area contributed by atoms with Gasteiger partial charge in [-0.15, -0.1) is 0 Å². The van der Waals surface area contributed by atoms with E-state index in [2.05, 4.69) is 15.0 Å². The van der Waals surface area contributed by atoms with E-state index in [0.717, 1.165) is 38.0 Å². The van der Waals surface area contributed by atoms with Gasteiger partial charge in [-0.3, -0.25) is 0 Å². The first kappa shape index (κ1) is 20.0. The van der Waals surface area contributed by atoms with E-state index in [1.54, 1.807) is 4.31 Å². The molecule has 0 N–H and O–H groups in total. The van der Waals surface area contributed by atoms with Gasteiger partial charge in [-0.25, -0.2) is 8.42 Å². The molecule has 0 bridgehead atoms. The van der Waals surface area contributed by atoms with E-state index in [9.17, 15) is 8.42 Å². The number of aryl methyl sites for hydroxylation is 2. The number of benzene rings is 1. The Morgan fingerprint density at radius 2 is 1.81 bits per heavy atom. The molecule has 0 aliphatic carbocycles. The molecule has 0 atom stereocenters. The predicted molar refractivity (Wildman–Crippen MR) is 105 cm³/mol. The largest absolute Gasteiger partial charge is 0.339 e. The van der Waals surface area contributed by atoms with Gasteiger partial charge in [-0.05, 0) is 26.3 Å². The summed E-state index contributed by atoms with van der Waals surface area (Å²) in [5.74, 6) is 1.52.